The van der Waals surface area contributed by atoms with Crippen LogP contribution in [0.15, 0.2) is 12.1 Å². The van der Waals surface area contributed by atoms with Gasteiger partial charge >= 0.3 is 6.03 Å². The van der Waals surface area contributed by atoms with E-state index in [0.29, 0.717) is 25.9 Å². The van der Waals surface area contributed by atoms with Gasteiger partial charge in [-0.1, -0.05) is 0 Å². The summed E-state index contributed by atoms with van der Waals surface area (Å²) >= 11 is 0. The molecule has 0 saturated carbocycles. The summed E-state index contributed by atoms with van der Waals surface area (Å²) in [7, 11) is -3.30. The number of carbonyl (C=O) groups excluding carboxylic acids is 1. The normalized spacial score (nSPS) is 23.0. The monoisotopic (exact) mass is 466 g/mol. The first-order valence-corrected chi connectivity index (χ1v) is 13.1. The van der Waals surface area contributed by atoms with E-state index in [-0.39, 0.29) is 24.3 Å². The van der Waals surface area contributed by atoms with Crippen molar-refractivity contribution in [1.82, 2.24) is 9.62 Å². The molecule has 9 heteroatoms. The van der Waals surface area contributed by atoms with Gasteiger partial charge in [-0.05, 0) is 77.6 Å². The maximum Gasteiger partial charge on any atom is 0.321 e. The molecule has 0 unspecified atom stereocenters. The number of ether oxygens (including phenoxy) is 1. The van der Waals surface area contributed by atoms with E-state index in [1.165, 1.54) is 5.69 Å². The van der Waals surface area contributed by atoms with Crippen molar-refractivity contribution >= 4 is 27.4 Å². The number of sulfonamides is 1. The second kappa shape index (κ2) is 9.97. The Morgan fingerprint density at radius 2 is 1.59 bits per heavy atom. The molecule has 1 aromatic rings. The highest BCUT2D eigenvalue weighted by atomic mass is 32.2. The zero-order valence-corrected chi connectivity index (χ0v) is 21.0. The van der Waals surface area contributed by atoms with Gasteiger partial charge in [0.05, 0.1) is 17.5 Å². The van der Waals surface area contributed by atoms with E-state index in [0.717, 1.165) is 29.9 Å². The van der Waals surface area contributed by atoms with E-state index in [4.69, 9.17) is 4.74 Å². The molecule has 2 fully saturated rings. The van der Waals surface area contributed by atoms with Gasteiger partial charge in [0.15, 0.2) is 0 Å². The van der Waals surface area contributed by atoms with Gasteiger partial charge in [0.2, 0.25) is 10.0 Å². The largest absolute Gasteiger partial charge is 0.372 e. The van der Waals surface area contributed by atoms with Gasteiger partial charge in [0.1, 0.15) is 0 Å². The Morgan fingerprint density at radius 3 is 2.09 bits per heavy atom. The van der Waals surface area contributed by atoms with Crippen molar-refractivity contribution in [2.24, 2.45) is 0 Å². The predicted molar refractivity (Wildman–Crippen MR) is 129 cm³/mol. The van der Waals surface area contributed by atoms with Crippen molar-refractivity contribution in [3.63, 3.8) is 0 Å². The number of likely N-dealkylation sites (tertiary alicyclic amines) is 1. The number of rotatable bonds is 5. The topological polar surface area (TPSA) is 91.0 Å². The lowest BCUT2D eigenvalue weighted by Crippen LogP contribution is -2.48. The van der Waals surface area contributed by atoms with Crippen LogP contribution in [0.25, 0.3) is 0 Å². The predicted octanol–water partition coefficient (Wildman–Crippen LogP) is 3.24. The highest BCUT2D eigenvalue weighted by Crippen LogP contribution is 2.31. The zero-order chi connectivity index (χ0) is 23.6. The highest BCUT2D eigenvalue weighted by molar-refractivity contribution is 7.90. The number of nitrogens with zero attached hydrogens (tertiary/aromatic N) is 2. The Balaban J connectivity index is 1.60. The second-order valence-corrected chi connectivity index (χ2v) is 11.8. The van der Waals surface area contributed by atoms with E-state index in [1.807, 2.05) is 12.1 Å². The molecular formula is C23H38N4O4S. The van der Waals surface area contributed by atoms with Crippen molar-refractivity contribution in [3.8, 4) is 0 Å². The first kappa shape index (κ1) is 24.8. The molecule has 0 spiro atoms. The third kappa shape index (κ3) is 5.94. The number of piperidine rings is 1. The molecule has 0 aromatic heterocycles. The molecule has 180 valence electrons. The van der Waals surface area contributed by atoms with E-state index < -0.39 is 15.3 Å². The fourth-order valence-corrected chi connectivity index (χ4v) is 5.63. The minimum atomic E-state index is -3.30. The van der Waals surface area contributed by atoms with Gasteiger partial charge in [0, 0.05) is 43.6 Å². The quantitative estimate of drug-likeness (QED) is 0.695. The lowest BCUT2D eigenvalue weighted by molar-refractivity contribution is -0.00527. The van der Waals surface area contributed by atoms with Crippen LogP contribution in [0.1, 0.15) is 51.7 Å². The number of amides is 2. The first-order chi connectivity index (χ1) is 15.0. The number of morpholine rings is 1. The number of aryl methyl sites for hydroxylation is 2. The number of anilines is 2. The third-order valence-electron chi connectivity index (χ3n) is 6.21. The Hall–Kier alpha value is -1.84. The standard InChI is InChI=1S/C23H38N4O4S/c1-15(2)32(29,30)25-20-7-9-26(10-8-20)23(28)24-21-11-16(3)22(17(4)12-21)27-13-18(5)31-19(6)14-27/h11-12,15,18-20,25H,7-10,13-14H2,1-6H3,(H,24,28)/t18-,19+. The molecule has 2 aliphatic rings. The Morgan fingerprint density at radius 1 is 1.06 bits per heavy atom. The zero-order valence-electron chi connectivity index (χ0n) is 20.1. The van der Waals surface area contributed by atoms with Crippen LogP contribution < -0.4 is 14.9 Å². The summed E-state index contributed by atoms with van der Waals surface area (Å²) in [6, 6.07) is 3.78. The van der Waals surface area contributed by atoms with E-state index in [1.54, 1.807) is 18.7 Å². The van der Waals surface area contributed by atoms with Crippen LogP contribution in [0.2, 0.25) is 0 Å². The summed E-state index contributed by atoms with van der Waals surface area (Å²) in [5.74, 6) is 0. The molecule has 2 aliphatic heterocycles. The summed E-state index contributed by atoms with van der Waals surface area (Å²) in [5.41, 5.74) is 4.25. The van der Waals surface area contributed by atoms with Crippen molar-refractivity contribution in [2.45, 2.75) is 77.9 Å². The van der Waals surface area contributed by atoms with Crippen molar-refractivity contribution in [1.29, 1.82) is 0 Å². The van der Waals surface area contributed by atoms with Gasteiger partial charge in [-0.2, -0.15) is 0 Å². The maximum atomic E-state index is 12.8. The van der Waals surface area contributed by atoms with Gasteiger partial charge in [-0.25, -0.2) is 17.9 Å². The molecule has 0 radical (unpaired) electrons. The Kier molecular flexibility index (Phi) is 7.73. The minimum absolute atomic E-state index is 0.117. The SMILES string of the molecule is Cc1cc(NC(=O)N2CCC(NS(=O)(=O)C(C)C)CC2)cc(C)c1N1C[C@@H](C)O[C@@H](C)C1. The maximum absolute atomic E-state index is 12.8. The third-order valence-corrected chi connectivity index (χ3v) is 8.11. The van der Waals surface area contributed by atoms with Crippen LogP contribution in [-0.2, 0) is 14.8 Å². The Labute approximate surface area is 192 Å². The number of hydrogen-bond acceptors (Lipinski definition) is 5. The van der Waals surface area contributed by atoms with Crippen molar-refractivity contribution in [3.05, 3.63) is 23.3 Å². The molecule has 2 saturated heterocycles. The lowest BCUT2D eigenvalue weighted by Gasteiger charge is -2.38. The molecule has 0 bridgehead atoms. The van der Waals surface area contributed by atoms with Gasteiger partial charge < -0.3 is 19.9 Å². The summed E-state index contributed by atoms with van der Waals surface area (Å²) in [4.78, 5) is 16.9. The highest BCUT2D eigenvalue weighted by Gasteiger charge is 2.28. The summed E-state index contributed by atoms with van der Waals surface area (Å²) in [5, 5.41) is 2.57. The molecule has 2 atom stereocenters. The average molecular weight is 467 g/mol. The average Bonchev–Trinajstić information content (AvgIpc) is 2.66. The second-order valence-electron chi connectivity index (χ2n) is 9.52. The molecule has 2 heterocycles. The van der Waals surface area contributed by atoms with Gasteiger partial charge in [-0.3, -0.25) is 0 Å². The smallest absolute Gasteiger partial charge is 0.321 e. The van der Waals surface area contributed by atoms with E-state index in [2.05, 4.69) is 42.6 Å². The Bertz CT molecular complexity index is 893. The molecular weight excluding hydrogens is 428 g/mol. The number of nitrogens with one attached hydrogen (secondary N) is 2. The van der Waals surface area contributed by atoms with Crippen LogP contribution in [-0.4, -0.2) is 69.0 Å². The number of benzene rings is 1. The number of urea groups is 1. The minimum Gasteiger partial charge on any atom is -0.372 e. The molecule has 0 aliphatic carbocycles. The van der Waals surface area contributed by atoms with E-state index >= 15 is 0 Å². The van der Waals surface area contributed by atoms with Gasteiger partial charge in [-0.15, -0.1) is 0 Å². The molecule has 2 amide bonds. The van der Waals surface area contributed by atoms with Crippen LogP contribution in [0, 0.1) is 13.8 Å². The fourth-order valence-electron chi connectivity index (χ4n) is 4.66. The molecule has 8 nitrogen and oxygen atoms in total. The summed E-state index contributed by atoms with van der Waals surface area (Å²) in [6.07, 6.45) is 1.60. The molecule has 1 aromatic carbocycles. The van der Waals surface area contributed by atoms with E-state index in [9.17, 15) is 13.2 Å². The van der Waals surface area contributed by atoms with Crippen LogP contribution in [0.3, 0.4) is 0 Å². The lowest BCUT2D eigenvalue weighted by atomic mass is 10.0. The molecule has 32 heavy (non-hydrogen) atoms. The number of carbonyl (C=O) groups is 1. The fraction of sp³-hybridized carbons (Fsp3) is 0.696. The summed E-state index contributed by atoms with van der Waals surface area (Å²) < 4.78 is 32.8. The molecule has 3 rings (SSSR count). The van der Waals surface area contributed by atoms with Crippen LogP contribution in [0.5, 0.6) is 0 Å². The van der Waals surface area contributed by atoms with Crippen LogP contribution >= 0.6 is 0 Å². The first-order valence-electron chi connectivity index (χ1n) is 11.5. The molecule has 2 N–H and O–H groups in total. The van der Waals surface area contributed by atoms with Crippen molar-refractivity contribution in [2.75, 3.05) is 36.4 Å². The summed E-state index contributed by atoms with van der Waals surface area (Å²) in [6.45, 7) is 14.4. The van der Waals surface area contributed by atoms with Gasteiger partial charge in [0.25, 0.3) is 0 Å². The van der Waals surface area contributed by atoms with Crippen LogP contribution in [0.4, 0.5) is 16.2 Å². The van der Waals surface area contributed by atoms with Crippen molar-refractivity contribution < 1.29 is 17.9 Å². The number of hydrogen-bond donors (Lipinski definition) is 2.